The molecule has 2 aliphatic rings. The molecule has 0 spiro atoms. The van der Waals surface area contributed by atoms with Crippen molar-refractivity contribution in [3.8, 4) is 0 Å². The molecule has 0 bridgehead atoms. The maximum absolute atomic E-state index is 12.4. The monoisotopic (exact) mass is 302 g/mol. The van der Waals surface area contributed by atoms with E-state index in [9.17, 15) is 22.8 Å². The molecule has 1 aromatic heterocycles. The van der Waals surface area contributed by atoms with Crippen LogP contribution in [0.4, 0.5) is 18.0 Å². The van der Waals surface area contributed by atoms with Crippen LogP contribution in [0.15, 0.2) is 18.7 Å². The highest BCUT2D eigenvalue weighted by molar-refractivity contribution is 5.82. The lowest BCUT2D eigenvalue weighted by Gasteiger charge is -2.22. The second kappa shape index (κ2) is 4.74. The zero-order chi connectivity index (χ0) is 15.2. The topological polar surface area (TPSA) is 58.4 Å². The van der Waals surface area contributed by atoms with Crippen molar-refractivity contribution in [1.82, 2.24) is 19.4 Å². The lowest BCUT2D eigenvalue weighted by atomic mass is 10.0. The zero-order valence-corrected chi connectivity index (χ0v) is 11.0. The summed E-state index contributed by atoms with van der Waals surface area (Å²) in [6.07, 6.45) is -0.435. The van der Waals surface area contributed by atoms with Crippen LogP contribution in [-0.4, -0.2) is 63.6 Å². The molecule has 2 aliphatic heterocycles. The van der Waals surface area contributed by atoms with Gasteiger partial charge in [-0.15, -0.1) is 0 Å². The average molecular weight is 302 g/mol. The first-order valence-corrected chi connectivity index (χ1v) is 6.49. The SMILES string of the molecule is O=C(N1CC2CN(C(=O)C(F)(F)F)CC2C1)n1ccnc1. The molecule has 0 saturated carbocycles. The molecule has 2 unspecified atom stereocenters. The van der Waals surface area contributed by atoms with Crippen molar-refractivity contribution in [3.63, 3.8) is 0 Å². The number of rotatable bonds is 0. The van der Waals surface area contributed by atoms with Crippen molar-refractivity contribution in [2.45, 2.75) is 6.18 Å². The number of carbonyl (C=O) groups is 2. The lowest BCUT2D eigenvalue weighted by molar-refractivity contribution is -0.184. The number of alkyl halides is 3. The Hall–Kier alpha value is -2.06. The maximum Gasteiger partial charge on any atom is 0.471 e. The minimum absolute atomic E-state index is 0.0523. The summed E-state index contributed by atoms with van der Waals surface area (Å²) in [5.74, 6) is -1.98. The van der Waals surface area contributed by atoms with E-state index in [1.807, 2.05) is 0 Å². The number of amides is 2. The molecule has 2 atom stereocenters. The first-order chi connectivity index (χ1) is 9.86. The summed E-state index contributed by atoms with van der Waals surface area (Å²) in [7, 11) is 0. The molecule has 0 N–H and O–H groups in total. The maximum atomic E-state index is 12.4. The van der Waals surface area contributed by atoms with Crippen molar-refractivity contribution < 1.29 is 22.8 Å². The highest BCUT2D eigenvalue weighted by Crippen LogP contribution is 2.33. The molecular formula is C12H13F3N4O2. The Kier molecular flexibility index (Phi) is 3.14. The van der Waals surface area contributed by atoms with E-state index in [0.29, 0.717) is 13.1 Å². The highest BCUT2D eigenvalue weighted by Gasteiger charge is 2.49. The number of imidazole rings is 1. The normalized spacial score (nSPS) is 25.3. The van der Waals surface area contributed by atoms with Crippen molar-refractivity contribution >= 4 is 11.9 Å². The molecule has 2 fully saturated rings. The number of likely N-dealkylation sites (tertiary alicyclic amines) is 2. The third-order valence-electron chi connectivity index (χ3n) is 4.01. The van der Waals surface area contributed by atoms with Crippen LogP contribution in [0.3, 0.4) is 0 Å². The first-order valence-electron chi connectivity index (χ1n) is 6.49. The Balaban J connectivity index is 1.62. The van der Waals surface area contributed by atoms with E-state index < -0.39 is 12.1 Å². The molecule has 6 nitrogen and oxygen atoms in total. The Morgan fingerprint density at radius 3 is 2.10 bits per heavy atom. The number of hydrogen-bond acceptors (Lipinski definition) is 3. The molecular weight excluding hydrogens is 289 g/mol. The molecule has 9 heteroatoms. The van der Waals surface area contributed by atoms with Gasteiger partial charge in [0.2, 0.25) is 0 Å². The van der Waals surface area contributed by atoms with Crippen LogP contribution in [0.2, 0.25) is 0 Å². The number of aromatic nitrogens is 2. The molecule has 2 saturated heterocycles. The van der Waals surface area contributed by atoms with E-state index in [-0.39, 0.29) is 31.0 Å². The van der Waals surface area contributed by atoms with Crippen LogP contribution >= 0.6 is 0 Å². The van der Waals surface area contributed by atoms with E-state index in [2.05, 4.69) is 4.98 Å². The smallest absolute Gasteiger partial charge is 0.334 e. The van der Waals surface area contributed by atoms with Gasteiger partial charge in [-0.25, -0.2) is 9.78 Å². The van der Waals surface area contributed by atoms with Crippen LogP contribution < -0.4 is 0 Å². The second-order valence-corrected chi connectivity index (χ2v) is 5.39. The molecule has 114 valence electrons. The van der Waals surface area contributed by atoms with Crippen LogP contribution in [0.25, 0.3) is 0 Å². The number of fused-ring (bicyclic) bond motifs is 1. The third kappa shape index (κ3) is 2.47. The molecule has 3 heterocycles. The third-order valence-corrected chi connectivity index (χ3v) is 4.01. The fourth-order valence-corrected chi connectivity index (χ4v) is 3.03. The summed E-state index contributed by atoms with van der Waals surface area (Å²) in [6, 6.07) is -0.240. The molecule has 1 aromatic rings. The molecule has 3 rings (SSSR count). The van der Waals surface area contributed by atoms with Crippen LogP contribution in [-0.2, 0) is 4.79 Å². The Morgan fingerprint density at radius 1 is 1.05 bits per heavy atom. The largest absolute Gasteiger partial charge is 0.471 e. The second-order valence-electron chi connectivity index (χ2n) is 5.39. The van der Waals surface area contributed by atoms with Gasteiger partial charge in [-0.1, -0.05) is 0 Å². The van der Waals surface area contributed by atoms with Crippen LogP contribution in [0.1, 0.15) is 0 Å². The van der Waals surface area contributed by atoms with Crippen LogP contribution in [0, 0.1) is 11.8 Å². The predicted octanol–water partition coefficient (Wildman–Crippen LogP) is 0.804. The summed E-state index contributed by atoms with van der Waals surface area (Å²) < 4.78 is 38.5. The van der Waals surface area contributed by atoms with Gasteiger partial charge < -0.3 is 9.80 Å². The number of nitrogens with zero attached hydrogens (tertiary/aromatic N) is 4. The summed E-state index contributed by atoms with van der Waals surface area (Å²) in [5, 5.41) is 0. The average Bonchev–Trinajstić information content (AvgIpc) is 3.10. The number of halogens is 3. The van der Waals surface area contributed by atoms with Gasteiger partial charge in [-0.2, -0.15) is 13.2 Å². The highest BCUT2D eigenvalue weighted by atomic mass is 19.4. The van der Waals surface area contributed by atoms with Gasteiger partial charge in [0, 0.05) is 50.4 Å². The first kappa shape index (κ1) is 13.9. The summed E-state index contributed by atoms with van der Waals surface area (Å²) in [4.78, 5) is 29.5. The van der Waals surface area contributed by atoms with E-state index >= 15 is 0 Å². The summed E-state index contributed by atoms with van der Waals surface area (Å²) >= 11 is 0. The van der Waals surface area contributed by atoms with Gasteiger partial charge in [0.1, 0.15) is 6.33 Å². The Bertz CT molecular complexity index is 543. The molecule has 0 radical (unpaired) electrons. The van der Waals surface area contributed by atoms with Gasteiger partial charge in [-0.05, 0) is 0 Å². The molecule has 21 heavy (non-hydrogen) atoms. The summed E-state index contributed by atoms with van der Waals surface area (Å²) in [6.45, 7) is 0.833. The molecule has 0 aliphatic carbocycles. The van der Waals surface area contributed by atoms with Gasteiger partial charge >= 0.3 is 18.1 Å². The Labute approximate surface area is 118 Å². The fraction of sp³-hybridized carbons (Fsp3) is 0.583. The predicted molar refractivity (Wildman–Crippen MR) is 64.2 cm³/mol. The van der Waals surface area contributed by atoms with Crippen molar-refractivity contribution in [1.29, 1.82) is 0 Å². The van der Waals surface area contributed by atoms with Crippen molar-refractivity contribution in [2.24, 2.45) is 11.8 Å². The van der Waals surface area contributed by atoms with Gasteiger partial charge in [0.25, 0.3) is 0 Å². The van der Waals surface area contributed by atoms with E-state index in [1.54, 1.807) is 4.90 Å². The van der Waals surface area contributed by atoms with Crippen molar-refractivity contribution in [2.75, 3.05) is 26.2 Å². The molecule has 0 aromatic carbocycles. The number of carbonyl (C=O) groups excluding carboxylic acids is 2. The van der Waals surface area contributed by atoms with Gasteiger partial charge in [0.05, 0.1) is 0 Å². The fourth-order valence-electron chi connectivity index (χ4n) is 3.03. The van der Waals surface area contributed by atoms with E-state index in [1.165, 1.54) is 23.3 Å². The van der Waals surface area contributed by atoms with Gasteiger partial charge in [-0.3, -0.25) is 9.36 Å². The minimum Gasteiger partial charge on any atom is -0.334 e. The van der Waals surface area contributed by atoms with E-state index in [4.69, 9.17) is 0 Å². The summed E-state index contributed by atoms with van der Waals surface area (Å²) in [5.41, 5.74) is 0. The van der Waals surface area contributed by atoms with E-state index in [0.717, 1.165) is 4.90 Å². The minimum atomic E-state index is -4.83. The molecule has 2 amide bonds. The zero-order valence-electron chi connectivity index (χ0n) is 11.0. The van der Waals surface area contributed by atoms with Gasteiger partial charge in [0.15, 0.2) is 0 Å². The van der Waals surface area contributed by atoms with Crippen molar-refractivity contribution in [3.05, 3.63) is 18.7 Å². The Morgan fingerprint density at radius 2 is 1.62 bits per heavy atom. The lowest BCUT2D eigenvalue weighted by Crippen LogP contribution is -2.42. The quantitative estimate of drug-likeness (QED) is 0.712. The standard InChI is InChI=1S/C12H13F3N4O2/c13-12(14,15)10(20)18-3-8-5-19(6-9(8)4-18)11(21)17-2-1-16-7-17/h1-2,7-9H,3-6H2. The van der Waals surface area contributed by atoms with Crippen LogP contribution in [0.5, 0.6) is 0 Å². The number of hydrogen-bond donors (Lipinski definition) is 0.